The normalized spacial score (nSPS) is 16.3. The van der Waals surface area contributed by atoms with E-state index < -0.39 is 0 Å². The third-order valence-electron chi connectivity index (χ3n) is 1.76. The predicted octanol–water partition coefficient (Wildman–Crippen LogP) is 1.77. The van der Waals surface area contributed by atoms with Crippen LogP contribution in [0.1, 0.15) is 32.1 Å². The van der Waals surface area contributed by atoms with E-state index in [1.54, 1.807) is 0 Å². The number of rotatable bonds is 4. The van der Waals surface area contributed by atoms with Gasteiger partial charge in [-0.25, -0.2) is 0 Å². The van der Waals surface area contributed by atoms with Gasteiger partial charge in [-0.2, -0.15) is 0 Å². The Morgan fingerprint density at radius 1 is 1.60 bits per heavy atom. The van der Waals surface area contributed by atoms with Gasteiger partial charge in [0.2, 0.25) is 0 Å². The summed E-state index contributed by atoms with van der Waals surface area (Å²) in [6.45, 7) is 0. The highest BCUT2D eigenvalue weighted by Crippen LogP contribution is 2.32. The SMILES string of the molecule is C#CCCC(=O)CC1CC1. The number of terminal acetylenes is 1. The van der Waals surface area contributed by atoms with Gasteiger partial charge >= 0.3 is 0 Å². The molecule has 0 aromatic carbocycles. The molecule has 10 heavy (non-hydrogen) atoms. The molecule has 0 N–H and O–H groups in total. The van der Waals surface area contributed by atoms with Crippen LogP contribution in [-0.4, -0.2) is 5.78 Å². The lowest BCUT2D eigenvalue weighted by Crippen LogP contribution is -1.97. The minimum Gasteiger partial charge on any atom is -0.300 e. The van der Waals surface area contributed by atoms with Crippen LogP contribution in [0.2, 0.25) is 0 Å². The van der Waals surface area contributed by atoms with Gasteiger partial charge in [0, 0.05) is 19.3 Å². The van der Waals surface area contributed by atoms with Gasteiger partial charge in [0.15, 0.2) is 0 Å². The first-order valence-electron chi connectivity index (χ1n) is 3.78. The van der Waals surface area contributed by atoms with Crippen LogP contribution in [0.4, 0.5) is 0 Å². The summed E-state index contributed by atoms with van der Waals surface area (Å²) in [6, 6.07) is 0. The molecule has 0 aromatic rings. The van der Waals surface area contributed by atoms with Gasteiger partial charge in [-0.1, -0.05) is 0 Å². The van der Waals surface area contributed by atoms with Crippen LogP contribution < -0.4 is 0 Å². The van der Waals surface area contributed by atoms with Crippen molar-refractivity contribution in [3.63, 3.8) is 0 Å². The van der Waals surface area contributed by atoms with Crippen molar-refractivity contribution >= 4 is 5.78 Å². The molecule has 0 aliphatic heterocycles. The van der Waals surface area contributed by atoms with Gasteiger partial charge in [0.25, 0.3) is 0 Å². The van der Waals surface area contributed by atoms with Crippen LogP contribution in [0.15, 0.2) is 0 Å². The van der Waals surface area contributed by atoms with Crippen molar-refractivity contribution in [2.24, 2.45) is 5.92 Å². The topological polar surface area (TPSA) is 17.1 Å². The first-order chi connectivity index (χ1) is 4.83. The van der Waals surface area contributed by atoms with Crippen LogP contribution in [0.3, 0.4) is 0 Å². The van der Waals surface area contributed by atoms with Crippen molar-refractivity contribution in [3.05, 3.63) is 0 Å². The molecule has 1 rings (SSSR count). The molecule has 0 spiro atoms. The number of carbonyl (C=O) groups excluding carboxylic acids is 1. The Labute approximate surface area is 61.8 Å². The number of hydrogen-bond acceptors (Lipinski definition) is 1. The Morgan fingerprint density at radius 2 is 2.30 bits per heavy atom. The molecular formula is C9H12O. The second-order valence-corrected chi connectivity index (χ2v) is 2.89. The molecule has 0 radical (unpaired) electrons. The summed E-state index contributed by atoms with van der Waals surface area (Å²) < 4.78 is 0. The molecule has 0 bridgehead atoms. The van der Waals surface area contributed by atoms with Gasteiger partial charge in [-0.05, 0) is 18.8 Å². The first-order valence-corrected chi connectivity index (χ1v) is 3.78. The van der Waals surface area contributed by atoms with Crippen molar-refractivity contribution in [1.82, 2.24) is 0 Å². The minimum atomic E-state index is 0.348. The summed E-state index contributed by atoms with van der Waals surface area (Å²) in [5.74, 6) is 3.53. The number of carbonyl (C=O) groups is 1. The monoisotopic (exact) mass is 136 g/mol. The molecular weight excluding hydrogens is 124 g/mol. The Balaban J connectivity index is 2.03. The third kappa shape index (κ3) is 2.68. The molecule has 0 unspecified atom stereocenters. The highest BCUT2D eigenvalue weighted by Gasteiger charge is 2.23. The lowest BCUT2D eigenvalue weighted by molar-refractivity contribution is -0.119. The van der Waals surface area contributed by atoms with E-state index in [0.717, 1.165) is 6.42 Å². The molecule has 1 aliphatic rings. The maximum Gasteiger partial charge on any atom is 0.134 e. The van der Waals surface area contributed by atoms with Crippen LogP contribution in [0, 0.1) is 18.3 Å². The first kappa shape index (κ1) is 7.34. The Hall–Kier alpha value is -0.770. The van der Waals surface area contributed by atoms with E-state index in [-0.39, 0.29) is 0 Å². The standard InChI is InChI=1S/C9H12O/c1-2-3-4-9(10)7-8-5-6-8/h1,8H,3-7H2. The molecule has 54 valence electrons. The second-order valence-electron chi connectivity index (χ2n) is 2.89. The highest BCUT2D eigenvalue weighted by atomic mass is 16.1. The summed E-state index contributed by atoms with van der Waals surface area (Å²) in [5, 5.41) is 0. The summed E-state index contributed by atoms with van der Waals surface area (Å²) in [6.07, 6.45) is 9.51. The molecule has 0 amide bonds. The van der Waals surface area contributed by atoms with Crippen molar-refractivity contribution < 1.29 is 4.79 Å². The highest BCUT2D eigenvalue weighted by molar-refractivity contribution is 5.79. The van der Waals surface area contributed by atoms with Crippen molar-refractivity contribution in [2.45, 2.75) is 32.1 Å². The average molecular weight is 136 g/mol. The van der Waals surface area contributed by atoms with Crippen LogP contribution in [-0.2, 0) is 4.79 Å². The number of Topliss-reactive ketones (excluding diaryl/α,β-unsaturated/α-hetero) is 1. The zero-order valence-electron chi connectivity index (χ0n) is 6.10. The Kier molecular flexibility index (Phi) is 2.50. The van der Waals surface area contributed by atoms with E-state index in [2.05, 4.69) is 5.92 Å². The third-order valence-corrected chi connectivity index (χ3v) is 1.76. The molecule has 0 heterocycles. The summed E-state index contributed by atoms with van der Waals surface area (Å²) in [4.78, 5) is 11.0. The molecule has 0 aromatic heterocycles. The van der Waals surface area contributed by atoms with Gasteiger partial charge in [0.1, 0.15) is 5.78 Å². The zero-order valence-corrected chi connectivity index (χ0v) is 6.10. The maximum absolute atomic E-state index is 11.0. The lowest BCUT2D eigenvalue weighted by atomic mass is 10.1. The van der Waals surface area contributed by atoms with E-state index in [1.807, 2.05) is 0 Å². The quantitative estimate of drug-likeness (QED) is 0.538. The second kappa shape index (κ2) is 3.41. The minimum absolute atomic E-state index is 0.348. The number of hydrogen-bond donors (Lipinski definition) is 0. The van der Waals surface area contributed by atoms with Gasteiger partial charge in [-0.3, -0.25) is 4.79 Å². The van der Waals surface area contributed by atoms with E-state index in [9.17, 15) is 4.79 Å². The summed E-state index contributed by atoms with van der Waals surface area (Å²) in [5.41, 5.74) is 0. The lowest BCUT2D eigenvalue weighted by Gasteiger charge is -1.92. The summed E-state index contributed by atoms with van der Waals surface area (Å²) >= 11 is 0. The molecule has 1 heteroatoms. The Bertz CT molecular complexity index is 160. The largest absolute Gasteiger partial charge is 0.300 e. The fourth-order valence-corrected chi connectivity index (χ4v) is 0.958. The fraction of sp³-hybridized carbons (Fsp3) is 0.667. The molecule has 1 fully saturated rings. The average Bonchev–Trinajstić information content (AvgIpc) is 2.67. The fourth-order valence-electron chi connectivity index (χ4n) is 0.958. The molecule has 0 atom stereocenters. The number of ketones is 1. The molecule has 0 saturated heterocycles. The Morgan fingerprint density at radius 3 is 2.80 bits per heavy atom. The van der Waals surface area contributed by atoms with Gasteiger partial charge < -0.3 is 0 Å². The molecule has 1 aliphatic carbocycles. The van der Waals surface area contributed by atoms with E-state index in [0.29, 0.717) is 24.5 Å². The predicted molar refractivity (Wildman–Crippen MR) is 40.4 cm³/mol. The maximum atomic E-state index is 11.0. The van der Waals surface area contributed by atoms with Crippen molar-refractivity contribution in [1.29, 1.82) is 0 Å². The van der Waals surface area contributed by atoms with Crippen LogP contribution >= 0.6 is 0 Å². The van der Waals surface area contributed by atoms with Crippen molar-refractivity contribution in [3.8, 4) is 12.3 Å². The van der Waals surface area contributed by atoms with Gasteiger partial charge in [0.05, 0.1) is 0 Å². The molecule has 1 nitrogen and oxygen atoms in total. The van der Waals surface area contributed by atoms with Crippen LogP contribution in [0.5, 0.6) is 0 Å². The van der Waals surface area contributed by atoms with E-state index in [4.69, 9.17) is 6.42 Å². The van der Waals surface area contributed by atoms with Crippen LogP contribution in [0.25, 0.3) is 0 Å². The van der Waals surface area contributed by atoms with E-state index in [1.165, 1.54) is 12.8 Å². The molecule has 1 saturated carbocycles. The smallest absolute Gasteiger partial charge is 0.134 e. The zero-order chi connectivity index (χ0) is 7.40. The van der Waals surface area contributed by atoms with Gasteiger partial charge in [-0.15, -0.1) is 12.3 Å². The van der Waals surface area contributed by atoms with Crippen molar-refractivity contribution in [2.75, 3.05) is 0 Å². The summed E-state index contributed by atoms with van der Waals surface area (Å²) in [7, 11) is 0. The van der Waals surface area contributed by atoms with E-state index >= 15 is 0 Å².